The maximum atomic E-state index is 5.81. The standard InChI is InChI=1S/C18H22N4O/c1-2-17-20-18-8-7-15(11-22(18)21-17)19-10-13-9-14-5-3-4-6-16(14)23-12-13/h3-6,9,15,19H,2,7-8,10-12H2,1H3/t15-/m0/s1. The lowest BCUT2D eigenvalue weighted by atomic mass is 10.1. The van der Waals surface area contributed by atoms with Crippen LogP contribution in [0.5, 0.6) is 5.75 Å². The topological polar surface area (TPSA) is 52.0 Å². The van der Waals surface area contributed by atoms with E-state index < -0.39 is 0 Å². The van der Waals surface area contributed by atoms with E-state index in [9.17, 15) is 0 Å². The lowest BCUT2D eigenvalue weighted by Gasteiger charge is -2.25. The number of para-hydroxylation sites is 1. The van der Waals surface area contributed by atoms with E-state index in [1.807, 2.05) is 18.2 Å². The smallest absolute Gasteiger partial charge is 0.150 e. The summed E-state index contributed by atoms with van der Waals surface area (Å²) in [5, 5.41) is 8.22. The number of benzene rings is 1. The minimum Gasteiger partial charge on any atom is -0.489 e. The molecule has 0 radical (unpaired) electrons. The van der Waals surface area contributed by atoms with Gasteiger partial charge in [-0.2, -0.15) is 5.10 Å². The molecule has 3 heterocycles. The molecule has 2 aliphatic rings. The lowest BCUT2D eigenvalue weighted by Crippen LogP contribution is -2.39. The van der Waals surface area contributed by atoms with E-state index in [0.717, 1.165) is 49.8 Å². The number of aromatic nitrogens is 3. The molecule has 0 bridgehead atoms. The van der Waals surface area contributed by atoms with Gasteiger partial charge in [-0.1, -0.05) is 25.1 Å². The third kappa shape index (κ3) is 3.01. The van der Waals surface area contributed by atoms with Crippen LogP contribution in [0, 0.1) is 0 Å². The first kappa shape index (κ1) is 14.5. The van der Waals surface area contributed by atoms with E-state index in [-0.39, 0.29) is 0 Å². The zero-order chi connectivity index (χ0) is 15.6. The third-order valence-electron chi connectivity index (χ3n) is 4.53. The van der Waals surface area contributed by atoms with Crippen molar-refractivity contribution >= 4 is 6.08 Å². The number of nitrogens with one attached hydrogen (secondary N) is 1. The van der Waals surface area contributed by atoms with E-state index in [4.69, 9.17) is 4.74 Å². The summed E-state index contributed by atoms with van der Waals surface area (Å²) in [4.78, 5) is 4.57. The van der Waals surface area contributed by atoms with E-state index in [0.29, 0.717) is 12.6 Å². The largest absolute Gasteiger partial charge is 0.489 e. The maximum Gasteiger partial charge on any atom is 0.150 e. The van der Waals surface area contributed by atoms with Gasteiger partial charge in [0.1, 0.15) is 18.2 Å². The molecule has 2 aliphatic heterocycles. The van der Waals surface area contributed by atoms with Crippen molar-refractivity contribution < 1.29 is 4.74 Å². The highest BCUT2D eigenvalue weighted by Crippen LogP contribution is 2.25. The molecule has 5 nitrogen and oxygen atoms in total. The zero-order valence-electron chi connectivity index (χ0n) is 13.5. The van der Waals surface area contributed by atoms with Gasteiger partial charge in [0.25, 0.3) is 0 Å². The molecular weight excluding hydrogens is 288 g/mol. The first-order chi connectivity index (χ1) is 11.3. The predicted octanol–water partition coefficient (Wildman–Crippen LogP) is 2.22. The summed E-state index contributed by atoms with van der Waals surface area (Å²) in [6.07, 6.45) is 5.27. The number of nitrogens with zero attached hydrogens (tertiary/aromatic N) is 3. The fraction of sp³-hybridized carbons (Fsp3) is 0.444. The Bertz CT molecular complexity index is 734. The molecule has 0 fully saturated rings. The zero-order valence-corrected chi connectivity index (χ0v) is 13.5. The Balaban J connectivity index is 1.38. The van der Waals surface area contributed by atoms with Gasteiger partial charge in [0.2, 0.25) is 0 Å². The van der Waals surface area contributed by atoms with Gasteiger partial charge in [-0.3, -0.25) is 0 Å². The van der Waals surface area contributed by atoms with Crippen LogP contribution in [0.2, 0.25) is 0 Å². The molecule has 1 aromatic heterocycles. The highest BCUT2D eigenvalue weighted by atomic mass is 16.5. The molecule has 0 aliphatic carbocycles. The van der Waals surface area contributed by atoms with Crippen molar-refractivity contribution in [2.45, 2.75) is 38.8 Å². The van der Waals surface area contributed by atoms with Crippen molar-refractivity contribution in [2.24, 2.45) is 0 Å². The molecule has 0 unspecified atom stereocenters. The van der Waals surface area contributed by atoms with Gasteiger partial charge >= 0.3 is 0 Å². The highest BCUT2D eigenvalue weighted by molar-refractivity contribution is 5.62. The molecule has 2 aromatic rings. The molecule has 23 heavy (non-hydrogen) atoms. The summed E-state index contributed by atoms with van der Waals surface area (Å²) in [6, 6.07) is 8.64. The number of aryl methyl sites for hydroxylation is 2. The van der Waals surface area contributed by atoms with Crippen LogP contribution in [-0.2, 0) is 19.4 Å². The van der Waals surface area contributed by atoms with Gasteiger partial charge in [-0.25, -0.2) is 9.67 Å². The van der Waals surface area contributed by atoms with Crippen molar-refractivity contribution in [3.63, 3.8) is 0 Å². The van der Waals surface area contributed by atoms with E-state index >= 15 is 0 Å². The van der Waals surface area contributed by atoms with Crippen LogP contribution in [0.3, 0.4) is 0 Å². The number of hydrogen-bond acceptors (Lipinski definition) is 4. The fourth-order valence-electron chi connectivity index (χ4n) is 3.22. The lowest BCUT2D eigenvalue weighted by molar-refractivity contribution is 0.330. The second kappa shape index (κ2) is 6.16. The van der Waals surface area contributed by atoms with Crippen molar-refractivity contribution in [3.05, 3.63) is 47.1 Å². The summed E-state index contributed by atoms with van der Waals surface area (Å²) in [6.45, 7) is 4.55. The first-order valence-corrected chi connectivity index (χ1v) is 8.39. The highest BCUT2D eigenvalue weighted by Gasteiger charge is 2.21. The fourth-order valence-corrected chi connectivity index (χ4v) is 3.22. The summed E-state index contributed by atoms with van der Waals surface area (Å²) in [7, 11) is 0. The summed E-state index contributed by atoms with van der Waals surface area (Å²) < 4.78 is 7.88. The van der Waals surface area contributed by atoms with Gasteiger partial charge in [-0.15, -0.1) is 0 Å². The van der Waals surface area contributed by atoms with Crippen LogP contribution >= 0.6 is 0 Å². The van der Waals surface area contributed by atoms with Gasteiger partial charge < -0.3 is 10.1 Å². The average molecular weight is 310 g/mol. The Morgan fingerprint density at radius 1 is 1.35 bits per heavy atom. The van der Waals surface area contributed by atoms with Crippen LogP contribution in [-0.4, -0.2) is 34.0 Å². The van der Waals surface area contributed by atoms with Gasteiger partial charge in [0, 0.05) is 31.0 Å². The monoisotopic (exact) mass is 310 g/mol. The average Bonchev–Trinajstić information content (AvgIpc) is 3.02. The molecular formula is C18H22N4O. The summed E-state index contributed by atoms with van der Waals surface area (Å²) in [5.41, 5.74) is 2.47. The van der Waals surface area contributed by atoms with Crippen molar-refractivity contribution in [3.8, 4) is 5.75 Å². The summed E-state index contributed by atoms with van der Waals surface area (Å²) >= 11 is 0. The van der Waals surface area contributed by atoms with Gasteiger partial charge in [-0.05, 0) is 24.1 Å². The van der Waals surface area contributed by atoms with Crippen LogP contribution in [0.1, 0.15) is 30.6 Å². The van der Waals surface area contributed by atoms with E-state index in [2.05, 4.69) is 39.1 Å². The molecule has 0 saturated heterocycles. The minimum atomic E-state index is 0.451. The minimum absolute atomic E-state index is 0.451. The maximum absolute atomic E-state index is 5.81. The quantitative estimate of drug-likeness (QED) is 0.941. The molecule has 1 N–H and O–H groups in total. The van der Waals surface area contributed by atoms with Gasteiger partial charge in [0.15, 0.2) is 5.82 Å². The number of rotatable bonds is 4. The second-order valence-electron chi connectivity index (χ2n) is 6.23. The SMILES string of the molecule is CCc1nc2n(n1)C[C@@H](NCC1=Cc3ccccc3OC1)CC2. The molecule has 0 amide bonds. The Labute approximate surface area is 136 Å². The number of fused-ring (bicyclic) bond motifs is 2. The first-order valence-electron chi connectivity index (χ1n) is 8.39. The van der Waals surface area contributed by atoms with E-state index in [1.54, 1.807) is 0 Å². The molecule has 4 rings (SSSR count). The molecule has 1 atom stereocenters. The van der Waals surface area contributed by atoms with Gasteiger partial charge in [0.05, 0.1) is 6.54 Å². The number of hydrogen-bond donors (Lipinski definition) is 1. The van der Waals surface area contributed by atoms with Crippen LogP contribution in [0.4, 0.5) is 0 Å². The molecule has 120 valence electrons. The molecule has 5 heteroatoms. The Morgan fingerprint density at radius 2 is 2.26 bits per heavy atom. The van der Waals surface area contributed by atoms with E-state index in [1.165, 1.54) is 11.1 Å². The third-order valence-corrected chi connectivity index (χ3v) is 4.53. The molecule has 1 aromatic carbocycles. The Hall–Kier alpha value is -2.14. The Morgan fingerprint density at radius 3 is 3.17 bits per heavy atom. The van der Waals surface area contributed by atoms with Crippen LogP contribution in [0.15, 0.2) is 29.8 Å². The van der Waals surface area contributed by atoms with Crippen molar-refractivity contribution in [1.82, 2.24) is 20.1 Å². The Kier molecular flexibility index (Phi) is 3.87. The van der Waals surface area contributed by atoms with Crippen LogP contribution < -0.4 is 10.1 Å². The summed E-state index contributed by atoms with van der Waals surface area (Å²) in [5.74, 6) is 3.07. The van der Waals surface area contributed by atoms with Crippen molar-refractivity contribution in [1.29, 1.82) is 0 Å². The second-order valence-corrected chi connectivity index (χ2v) is 6.23. The normalized spacial score (nSPS) is 19.5. The number of ether oxygens (including phenoxy) is 1. The molecule has 0 spiro atoms. The van der Waals surface area contributed by atoms with Crippen LogP contribution in [0.25, 0.3) is 6.08 Å². The molecule has 0 saturated carbocycles. The van der Waals surface area contributed by atoms with Crippen molar-refractivity contribution in [2.75, 3.05) is 13.2 Å². The predicted molar refractivity (Wildman–Crippen MR) is 89.4 cm³/mol.